The van der Waals surface area contributed by atoms with Crippen molar-refractivity contribution in [3.63, 3.8) is 0 Å². The summed E-state index contributed by atoms with van der Waals surface area (Å²) in [7, 11) is 0. The van der Waals surface area contributed by atoms with Gasteiger partial charge in [-0.2, -0.15) is 0 Å². The van der Waals surface area contributed by atoms with Crippen molar-refractivity contribution in [2.45, 2.75) is 51.2 Å². The number of aromatic amines is 2. The first-order valence-corrected chi connectivity index (χ1v) is 12.1. The van der Waals surface area contributed by atoms with E-state index >= 15 is 0 Å². The van der Waals surface area contributed by atoms with Crippen molar-refractivity contribution in [3.8, 4) is 0 Å². The van der Waals surface area contributed by atoms with Gasteiger partial charge in [-0.05, 0) is 17.5 Å². The highest BCUT2D eigenvalue weighted by Crippen LogP contribution is 2.19. The lowest BCUT2D eigenvalue weighted by molar-refractivity contribution is -0.142. The fourth-order valence-electron chi connectivity index (χ4n) is 4.02. The highest BCUT2D eigenvalue weighted by atomic mass is 16.4. The van der Waals surface area contributed by atoms with Gasteiger partial charge in [0.05, 0.1) is 12.9 Å². The Labute approximate surface area is 213 Å². The van der Waals surface area contributed by atoms with Crippen molar-refractivity contribution >= 4 is 34.6 Å². The Kier molecular flexibility index (Phi) is 9.39. The number of carboxylic acids is 1. The maximum atomic E-state index is 13.3. The zero-order chi connectivity index (χ0) is 26.9. The van der Waals surface area contributed by atoms with Gasteiger partial charge in [-0.1, -0.05) is 38.5 Å². The van der Waals surface area contributed by atoms with Gasteiger partial charge >= 0.3 is 5.97 Å². The van der Waals surface area contributed by atoms with E-state index in [4.69, 9.17) is 5.73 Å². The third-order valence-electron chi connectivity index (χ3n) is 6.32. The average Bonchev–Trinajstić information content (AvgIpc) is 3.55. The second-order valence-electron chi connectivity index (χ2n) is 8.94. The van der Waals surface area contributed by atoms with Crippen molar-refractivity contribution in [2.24, 2.45) is 11.7 Å². The second-order valence-corrected chi connectivity index (χ2v) is 8.94. The number of carbonyl (C=O) groups is 4. The molecule has 4 unspecified atom stereocenters. The highest BCUT2D eigenvalue weighted by molar-refractivity contribution is 5.94. The number of carbonyl (C=O) groups excluding carboxylic acids is 3. The number of nitrogens with zero attached hydrogens (tertiary/aromatic N) is 1. The molecule has 3 rings (SSSR count). The van der Waals surface area contributed by atoms with Crippen molar-refractivity contribution in [1.82, 2.24) is 30.9 Å². The minimum Gasteiger partial charge on any atom is -0.480 e. The first-order valence-electron chi connectivity index (χ1n) is 12.1. The molecule has 12 heteroatoms. The molecule has 0 aliphatic carbocycles. The molecule has 1 aromatic carbocycles. The molecule has 12 nitrogen and oxygen atoms in total. The van der Waals surface area contributed by atoms with Gasteiger partial charge in [0.15, 0.2) is 0 Å². The molecular weight excluding hydrogens is 478 g/mol. The van der Waals surface area contributed by atoms with Crippen LogP contribution in [0.1, 0.15) is 31.5 Å². The summed E-state index contributed by atoms with van der Waals surface area (Å²) in [6.45, 7) is 3.33. The van der Waals surface area contributed by atoms with Gasteiger partial charge in [0.2, 0.25) is 17.7 Å². The summed E-state index contributed by atoms with van der Waals surface area (Å²) >= 11 is 0. The number of fused-ring (bicyclic) bond motifs is 1. The standard InChI is InChI=1S/C25H33N7O5/c1-3-14(2)22(32-23(34)19(30-21(33)10-26)9-16-12-27-13-29-16)24(35)31-20(25(36)37)8-15-11-28-18-7-5-4-6-17(15)18/h4-7,11-14,19-20,22,28H,3,8-10,26H2,1-2H3,(H,27,29)(H,30,33)(H,31,35)(H,32,34)(H,36,37). The maximum absolute atomic E-state index is 13.3. The molecule has 0 spiro atoms. The van der Waals surface area contributed by atoms with Gasteiger partial charge in [-0.15, -0.1) is 0 Å². The minimum atomic E-state index is -1.21. The molecule has 0 radical (unpaired) electrons. The van der Waals surface area contributed by atoms with Gasteiger partial charge in [0, 0.05) is 41.8 Å². The molecule has 3 amide bonds. The average molecular weight is 512 g/mol. The zero-order valence-corrected chi connectivity index (χ0v) is 20.8. The lowest BCUT2D eigenvalue weighted by atomic mass is 9.96. The number of hydrogen-bond acceptors (Lipinski definition) is 6. The number of benzene rings is 1. The molecule has 37 heavy (non-hydrogen) atoms. The van der Waals surface area contributed by atoms with Gasteiger partial charge in [-0.25, -0.2) is 9.78 Å². The number of amides is 3. The van der Waals surface area contributed by atoms with Crippen LogP contribution in [0.5, 0.6) is 0 Å². The van der Waals surface area contributed by atoms with Crippen LogP contribution in [0.15, 0.2) is 43.0 Å². The Balaban J connectivity index is 1.76. The summed E-state index contributed by atoms with van der Waals surface area (Å²) < 4.78 is 0. The van der Waals surface area contributed by atoms with Crippen molar-refractivity contribution in [3.05, 3.63) is 54.2 Å². The second kappa shape index (κ2) is 12.7. The number of nitrogens with two attached hydrogens (primary N) is 1. The SMILES string of the molecule is CCC(C)C(NC(=O)C(Cc1cnc[nH]1)NC(=O)CN)C(=O)NC(Cc1c[nH]c2ccccc12)C(=O)O. The van der Waals surface area contributed by atoms with E-state index in [1.54, 1.807) is 13.1 Å². The minimum absolute atomic E-state index is 0.0568. The summed E-state index contributed by atoms with van der Waals surface area (Å²) in [5.74, 6) is -3.26. The molecule has 2 heterocycles. The van der Waals surface area contributed by atoms with Gasteiger partial charge in [-0.3, -0.25) is 14.4 Å². The van der Waals surface area contributed by atoms with Crippen LogP contribution < -0.4 is 21.7 Å². The Bertz CT molecular complexity index is 1220. The summed E-state index contributed by atoms with van der Waals surface area (Å²) in [5.41, 5.74) is 7.61. The third-order valence-corrected chi connectivity index (χ3v) is 6.32. The van der Waals surface area contributed by atoms with Crippen LogP contribution in [-0.2, 0) is 32.0 Å². The predicted octanol–water partition coefficient (Wildman–Crippen LogP) is 0.220. The topological polar surface area (TPSA) is 195 Å². The molecule has 3 aromatic rings. The van der Waals surface area contributed by atoms with Crippen molar-refractivity contribution in [2.75, 3.05) is 6.54 Å². The van der Waals surface area contributed by atoms with Crippen LogP contribution in [0.25, 0.3) is 10.9 Å². The van der Waals surface area contributed by atoms with E-state index in [0.717, 1.165) is 16.5 Å². The number of para-hydroxylation sites is 1. The van der Waals surface area contributed by atoms with Crippen molar-refractivity contribution in [1.29, 1.82) is 0 Å². The van der Waals surface area contributed by atoms with E-state index in [1.807, 2.05) is 31.2 Å². The van der Waals surface area contributed by atoms with E-state index in [2.05, 4.69) is 30.9 Å². The van der Waals surface area contributed by atoms with Gasteiger partial charge in [0.1, 0.15) is 18.1 Å². The van der Waals surface area contributed by atoms with Crippen LogP contribution in [0.4, 0.5) is 0 Å². The number of rotatable bonds is 13. The quantitative estimate of drug-likeness (QED) is 0.170. The lowest BCUT2D eigenvalue weighted by Gasteiger charge is -2.27. The van der Waals surface area contributed by atoms with Crippen LogP contribution in [0.2, 0.25) is 0 Å². The number of aromatic nitrogens is 3. The smallest absolute Gasteiger partial charge is 0.326 e. The molecule has 2 aromatic heterocycles. The highest BCUT2D eigenvalue weighted by Gasteiger charge is 2.32. The summed E-state index contributed by atoms with van der Waals surface area (Å²) in [6, 6.07) is 4.22. The van der Waals surface area contributed by atoms with Crippen molar-refractivity contribution < 1.29 is 24.3 Å². The number of carboxylic acid groups (broad SMARTS) is 1. The number of aliphatic carboxylic acids is 1. The van der Waals surface area contributed by atoms with E-state index in [1.165, 1.54) is 12.5 Å². The van der Waals surface area contributed by atoms with E-state index in [9.17, 15) is 24.3 Å². The molecule has 8 N–H and O–H groups in total. The largest absolute Gasteiger partial charge is 0.480 e. The Morgan fingerprint density at radius 1 is 1.03 bits per heavy atom. The van der Waals surface area contributed by atoms with Gasteiger partial charge in [0.25, 0.3) is 0 Å². The van der Waals surface area contributed by atoms with Crippen LogP contribution >= 0.6 is 0 Å². The lowest BCUT2D eigenvalue weighted by Crippen LogP contribution is -2.58. The Morgan fingerprint density at radius 2 is 1.78 bits per heavy atom. The molecule has 0 saturated heterocycles. The molecule has 0 saturated carbocycles. The Morgan fingerprint density at radius 3 is 2.43 bits per heavy atom. The fourth-order valence-corrected chi connectivity index (χ4v) is 4.02. The van der Waals surface area contributed by atoms with E-state index < -0.39 is 41.8 Å². The number of nitrogens with one attached hydrogen (secondary N) is 5. The molecular formula is C25H33N7O5. The molecule has 0 aliphatic rings. The Hall–Kier alpha value is -4.19. The molecule has 4 atom stereocenters. The number of hydrogen-bond donors (Lipinski definition) is 7. The molecule has 0 bridgehead atoms. The molecule has 0 fully saturated rings. The van der Waals surface area contributed by atoms with Crippen LogP contribution in [0.3, 0.4) is 0 Å². The molecule has 0 aliphatic heterocycles. The van der Waals surface area contributed by atoms with E-state index in [-0.39, 0.29) is 25.3 Å². The summed E-state index contributed by atoms with van der Waals surface area (Å²) in [4.78, 5) is 60.3. The van der Waals surface area contributed by atoms with Crippen LogP contribution in [-0.4, -0.2) is 68.4 Å². The normalized spacial score (nSPS) is 14.4. The third kappa shape index (κ3) is 7.17. The zero-order valence-electron chi connectivity index (χ0n) is 20.8. The van der Waals surface area contributed by atoms with Gasteiger partial charge < -0.3 is 36.8 Å². The van der Waals surface area contributed by atoms with E-state index in [0.29, 0.717) is 12.1 Å². The molecule has 198 valence electrons. The summed E-state index contributed by atoms with van der Waals surface area (Å²) in [6.07, 6.45) is 5.39. The first kappa shape index (κ1) is 27.4. The summed E-state index contributed by atoms with van der Waals surface area (Å²) in [5, 5.41) is 18.5. The van der Waals surface area contributed by atoms with Crippen LogP contribution in [0, 0.1) is 5.92 Å². The number of imidazole rings is 1. The predicted molar refractivity (Wildman–Crippen MR) is 136 cm³/mol. The first-order chi connectivity index (χ1) is 17.7. The fraction of sp³-hybridized carbons (Fsp3) is 0.400. The monoisotopic (exact) mass is 511 g/mol. The number of H-pyrrole nitrogens is 2. The maximum Gasteiger partial charge on any atom is 0.326 e.